The summed E-state index contributed by atoms with van der Waals surface area (Å²) < 4.78 is 0. The number of nitrogens with zero attached hydrogens (tertiary/aromatic N) is 5. The predicted molar refractivity (Wildman–Crippen MR) is 97.8 cm³/mol. The standard InChI is InChI=1S/C18H24N6O/c1-23(2)17-20-15(13-19-16(25)14-9-5-3-6-10-14)21-18(22-17)24-11-7-4-8-12-24/h3,5-6,9-10H,4,7-8,11-13H2,1-2H3,(H,19,25). The second-order valence-corrected chi connectivity index (χ2v) is 6.34. The highest BCUT2D eigenvalue weighted by molar-refractivity contribution is 5.93. The fourth-order valence-electron chi connectivity index (χ4n) is 2.76. The van der Waals surface area contributed by atoms with Crippen LogP contribution in [0.1, 0.15) is 35.4 Å². The Morgan fingerprint density at radius 3 is 2.48 bits per heavy atom. The van der Waals surface area contributed by atoms with Crippen LogP contribution in [0.25, 0.3) is 0 Å². The van der Waals surface area contributed by atoms with Gasteiger partial charge in [0.2, 0.25) is 11.9 Å². The molecule has 1 aliphatic rings. The summed E-state index contributed by atoms with van der Waals surface area (Å²) in [4.78, 5) is 29.9. The van der Waals surface area contributed by atoms with Crippen LogP contribution in [0, 0.1) is 0 Å². The molecule has 3 rings (SSSR count). The van der Waals surface area contributed by atoms with Gasteiger partial charge in [0.25, 0.3) is 5.91 Å². The van der Waals surface area contributed by atoms with Crippen LogP contribution in [0.15, 0.2) is 30.3 Å². The van der Waals surface area contributed by atoms with Crippen molar-refractivity contribution in [2.45, 2.75) is 25.8 Å². The van der Waals surface area contributed by atoms with E-state index in [2.05, 4.69) is 25.2 Å². The zero-order valence-corrected chi connectivity index (χ0v) is 14.8. The van der Waals surface area contributed by atoms with Crippen molar-refractivity contribution in [3.8, 4) is 0 Å². The molecule has 1 aromatic heterocycles. The van der Waals surface area contributed by atoms with Gasteiger partial charge in [-0.1, -0.05) is 18.2 Å². The summed E-state index contributed by atoms with van der Waals surface area (Å²) in [6, 6.07) is 9.14. The first kappa shape index (κ1) is 17.1. The number of carbonyl (C=O) groups excluding carboxylic acids is 1. The molecule has 1 aliphatic heterocycles. The second-order valence-electron chi connectivity index (χ2n) is 6.34. The minimum absolute atomic E-state index is 0.132. The molecule has 0 unspecified atom stereocenters. The Balaban J connectivity index is 1.75. The summed E-state index contributed by atoms with van der Waals surface area (Å²) in [6.07, 6.45) is 3.56. The van der Waals surface area contributed by atoms with Gasteiger partial charge >= 0.3 is 0 Å². The number of nitrogens with one attached hydrogen (secondary N) is 1. The Kier molecular flexibility index (Phi) is 5.42. The minimum atomic E-state index is -0.132. The van der Waals surface area contributed by atoms with E-state index in [1.165, 1.54) is 6.42 Å². The SMILES string of the molecule is CN(C)c1nc(CNC(=O)c2ccccc2)nc(N2CCCCC2)n1. The molecule has 2 aromatic rings. The van der Waals surface area contributed by atoms with Crippen LogP contribution >= 0.6 is 0 Å². The quantitative estimate of drug-likeness (QED) is 0.895. The van der Waals surface area contributed by atoms with Gasteiger partial charge < -0.3 is 15.1 Å². The third-order valence-corrected chi connectivity index (χ3v) is 4.14. The summed E-state index contributed by atoms with van der Waals surface area (Å²) in [5.41, 5.74) is 0.626. The number of carbonyl (C=O) groups is 1. The van der Waals surface area contributed by atoms with Crippen molar-refractivity contribution in [1.82, 2.24) is 20.3 Å². The van der Waals surface area contributed by atoms with Crippen LogP contribution in [0.3, 0.4) is 0 Å². The molecule has 25 heavy (non-hydrogen) atoms. The van der Waals surface area contributed by atoms with Crippen molar-refractivity contribution in [3.63, 3.8) is 0 Å². The number of anilines is 2. The molecule has 1 N–H and O–H groups in total. The summed E-state index contributed by atoms with van der Waals surface area (Å²) in [7, 11) is 3.81. The van der Waals surface area contributed by atoms with Crippen molar-refractivity contribution >= 4 is 17.8 Å². The Morgan fingerprint density at radius 1 is 1.08 bits per heavy atom. The van der Waals surface area contributed by atoms with E-state index in [-0.39, 0.29) is 12.5 Å². The van der Waals surface area contributed by atoms with Crippen LogP contribution in [0.2, 0.25) is 0 Å². The molecule has 1 saturated heterocycles. The molecule has 0 spiro atoms. The number of rotatable bonds is 5. The first-order valence-corrected chi connectivity index (χ1v) is 8.64. The van der Waals surface area contributed by atoms with Gasteiger partial charge in [0.1, 0.15) is 0 Å². The lowest BCUT2D eigenvalue weighted by Gasteiger charge is -2.27. The van der Waals surface area contributed by atoms with Gasteiger partial charge in [-0.3, -0.25) is 4.79 Å². The smallest absolute Gasteiger partial charge is 0.251 e. The molecule has 1 amide bonds. The Hall–Kier alpha value is -2.70. The van der Waals surface area contributed by atoms with E-state index >= 15 is 0 Å². The third-order valence-electron chi connectivity index (χ3n) is 4.14. The van der Waals surface area contributed by atoms with Gasteiger partial charge in [-0.15, -0.1) is 0 Å². The lowest BCUT2D eigenvalue weighted by atomic mass is 10.1. The minimum Gasteiger partial charge on any atom is -0.347 e. The van der Waals surface area contributed by atoms with Crippen molar-refractivity contribution in [1.29, 1.82) is 0 Å². The van der Waals surface area contributed by atoms with Crippen molar-refractivity contribution in [2.24, 2.45) is 0 Å². The fraction of sp³-hybridized carbons (Fsp3) is 0.444. The second kappa shape index (κ2) is 7.92. The Labute approximate surface area is 148 Å². The summed E-state index contributed by atoms with van der Waals surface area (Å²) in [5, 5.41) is 2.88. The van der Waals surface area contributed by atoms with Gasteiger partial charge in [0, 0.05) is 32.7 Å². The maximum absolute atomic E-state index is 12.2. The number of hydrogen-bond acceptors (Lipinski definition) is 6. The molecule has 1 aromatic carbocycles. The van der Waals surface area contributed by atoms with Crippen LogP contribution < -0.4 is 15.1 Å². The molecule has 1 fully saturated rings. The molecule has 0 bridgehead atoms. The van der Waals surface area contributed by atoms with Gasteiger partial charge in [0.15, 0.2) is 5.82 Å². The predicted octanol–water partition coefficient (Wildman–Crippen LogP) is 1.86. The molecule has 0 atom stereocenters. The van der Waals surface area contributed by atoms with E-state index < -0.39 is 0 Å². The highest BCUT2D eigenvalue weighted by Gasteiger charge is 2.17. The van der Waals surface area contributed by atoms with Crippen molar-refractivity contribution < 1.29 is 4.79 Å². The lowest BCUT2D eigenvalue weighted by molar-refractivity contribution is 0.0950. The molecule has 0 saturated carbocycles. The van der Waals surface area contributed by atoms with Gasteiger partial charge in [-0.2, -0.15) is 15.0 Å². The van der Waals surface area contributed by atoms with Crippen molar-refractivity contribution in [2.75, 3.05) is 37.0 Å². The van der Waals surface area contributed by atoms with E-state index in [9.17, 15) is 4.79 Å². The fourth-order valence-corrected chi connectivity index (χ4v) is 2.76. The highest BCUT2D eigenvalue weighted by Crippen LogP contribution is 2.17. The van der Waals surface area contributed by atoms with Crippen LogP contribution in [-0.2, 0) is 6.54 Å². The van der Waals surface area contributed by atoms with E-state index in [1.54, 1.807) is 12.1 Å². The monoisotopic (exact) mass is 340 g/mol. The average Bonchev–Trinajstić information content (AvgIpc) is 2.67. The lowest BCUT2D eigenvalue weighted by Crippen LogP contribution is -2.32. The summed E-state index contributed by atoms with van der Waals surface area (Å²) >= 11 is 0. The summed E-state index contributed by atoms with van der Waals surface area (Å²) in [6.45, 7) is 2.21. The Bertz CT molecular complexity index is 713. The topological polar surface area (TPSA) is 74.2 Å². The highest BCUT2D eigenvalue weighted by atomic mass is 16.1. The first-order chi connectivity index (χ1) is 12.1. The molecule has 7 heteroatoms. The van der Waals surface area contributed by atoms with Gasteiger partial charge in [-0.05, 0) is 31.4 Å². The van der Waals surface area contributed by atoms with E-state index in [0.717, 1.165) is 25.9 Å². The number of benzene rings is 1. The van der Waals surface area contributed by atoms with E-state index in [4.69, 9.17) is 0 Å². The Morgan fingerprint density at radius 2 is 1.80 bits per heavy atom. The normalized spacial score (nSPS) is 14.2. The molecule has 0 radical (unpaired) electrons. The third kappa shape index (κ3) is 4.43. The molecule has 7 nitrogen and oxygen atoms in total. The molecule has 2 heterocycles. The molecule has 132 valence electrons. The largest absolute Gasteiger partial charge is 0.347 e. The van der Waals surface area contributed by atoms with E-state index in [0.29, 0.717) is 23.3 Å². The maximum Gasteiger partial charge on any atom is 0.251 e. The average molecular weight is 340 g/mol. The number of hydrogen-bond donors (Lipinski definition) is 1. The zero-order valence-electron chi connectivity index (χ0n) is 14.8. The number of amides is 1. The van der Waals surface area contributed by atoms with Crippen LogP contribution in [-0.4, -0.2) is 48.0 Å². The molecular formula is C18H24N6O. The number of aromatic nitrogens is 3. The summed E-state index contributed by atoms with van der Waals surface area (Å²) in [5.74, 6) is 1.75. The zero-order chi connectivity index (χ0) is 17.6. The van der Waals surface area contributed by atoms with E-state index in [1.807, 2.05) is 37.2 Å². The number of piperidine rings is 1. The van der Waals surface area contributed by atoms with Gasteiger partial charge in [0.05, 0.1) is 6.54 Å². The molecular weight excluding hydrogens is 316 g/mol. The van der Waals surface area contributed by atoms with Crippen molar-refractivity contribution in [3.05, 3.63) is 41.7 Å². The van der Waals surface area contributed by atoms with Crippen LogP contribution in [0.5, 0.6) is 0 Å². The van der Waals surface area contributed by atoms with Crippen LogP contribution in [0.4, 0.5) is 11.9 Å². The molecule has 0 aliphatic carbocycles. The van der Waals surface area contributed by atoms with Gasteiger partial charge in [-0.25, -0.2) is 0 Å². The first-order valence-electron chi connectivity index (χ1n) is 8.64. The maximum atomic E-state index is 12.2.